The van der Waals surface area contributed by atoms with Gasteiger partial charge in [-0.05, 0) is 31.9 Å². The third-order valence-electron chi connectivity index (χ3n) is 4.73. The number of ether oxygens (including phenoxy) is 1. The van der Waals surface area contributed by atoms with Gasteiger partial charge in [0.25, 0.3) is 5.56 Å². The summed E-state index contributed by atoms with van der Waals surface area (Å²) >= 11 is 1.06. The average molecular weight is 430 g/mol. The van der Waals surface area contributed by atoms with Gasteiger partial charge in [-0.2, -0.15) is 0 Å². The van der Waals surface area contributed by atoms with Gasteiger partial charge in [-0.3, -0.25) is 18.7 Å². The van der Waals surface area contributed by atoms with Crippen molar-refractivity contribution in [1.82, 2.24) is 9.13 Å². The van der Waals surface area contributed by atoms with Gasteiger partial charge >= 0.3 is 17.6 Å². The minimum atomic E-state index is -1.19. The van der Waals surface area contributed by atoms with Gasteiger partial charge in [-0.1, -0.05) is 30.3 Å². The van der Waals surface area contributed by atoms with Crippen molar-refractivity contribution in [1.29, 1.82) is 0 Å². The largest absolute Gasteiger partial charge is 0.480 e. The van der Waals surface area contributed by atoms with Crippen molar-refractivity contribution in [2.75, 3.05) is 6.61 Å². The van der Waals surface area contributed by atoms with Gasteiger partial charge in [0.1, 0.15) is 10.9 Å². The molecular formula is C21H22N2O6S. The summed E-state index contributed by atoms with van der Waals surface area (Å²) in [6, 6.07) is 9.77. The fourth-order valence-corrected chi connectivity index (χ4v) is 4.39. The second-order valence-electron chi connectivity index (χ2n) is 6.77. The smallest absolute Gasteiger partial charge is 0.332 e. The van der Waals surface area contributed by atoms with Crippen molar-refractivity contribution in [3.8, 4) is 0 Å². The third kappa shape index (κ3) is 4.35. The molecule has 1 aromatic carbocycles. The van der Waals surface area contributed by atoms with Crippen LogP contribution in [0.4, 0.5) is 0 Å². The lowest BCUT2D eigenvalue weighted by Crippen LogP contribution is -2.42. The van der Waals surface area contributed by atoms with E-state index >= 15 is 0 Å². The Kier molecular flexibility index (Phi) is 6.51. The molecular weight excluding hydrogens is 408 g/mol. The first-order chi connectivity index (χ1) is 14.3. The number of nitrogens with zero attached hydrogens (tertiary/aromatic N) is 2. The second kappa shape index (κ2) is 9.08. The number of carbonyl (C=O) groups is 2. The Labute approximate surface area is 176 Å². The number of aryl methyl sites for hydroxylation is 1. The number of aliphatic carboxylic acids is 1. The molecule has 0 radical (unpaired) electrons. The highest BCUT2D eigenvalue weighted by molar-refractivity contribution is 7.18. The molecule has 0 bridgehead atoms. The van der Waals surface area contributed by atoms with E-state index in [1.54, 1.807) is 13.0 Å². The van der Waals surface area contributed by atoms with E-state index in [1.807, 2.05) is 30.3 Å². The van der Waals surface area contributed by atoms with E-state index in [1.165, 1.54) is 6.92 Å². The molecule has 30 heavy (non-hydrogen) atoms. The van der Waals surface area contributed by atoms with E-state index in [0.29, 0.717) is 11.3 Å². The monoisotopic (exact) mass is 430 g/mol. The van der Waals surface area contributed by atoms with Gasteiger partial charge in [-0.25, -0.2) is 9.59 Å². The van der Waals surface area contributed by atoms with Crippen LogP contribution < -0.4 is 11.2 Å². The molecule has 1 N–H and O–H groups in total. The van der Waals surface area contributed by atoms with Crippen LogP contribution in [0.15, 0.2) is 46.0 Å². The molecule has 2 aromatic heterocycles. The Morgan fingerprint density at radius 2 is 1.90 bits per heavy atom. The molecule has 0 saturated heterocycles. The summed E-state index contributed by atoms with van der Waals surface area (Å²) in [5.41, 5.74) is -0.218. The number of benzene rings is 1. The number of carboxylic acids is 1. The number of fused-ring (bicyclic) bond motifs is 1. The summed E-state index contributed by atoms with van der Waals surface area (Å²) in [4.78, 5) is 50.4. The Morgan fingerprint density at radius 1 is 1.20 bits per heavy atom. The van der Waals surface area contributed by atoms with Crippen molar-refractivity contribution in [2.45, 2.75) is 39.3 Å². The Hall–Kier alpha value is -3.20. The van der Waals surface area contributed by atoms with Crippen molar-refractivity contribution in [3.05, 3.63) is 67.7 Å². The maximum atomic E-state index is 13.1. The van der Waals surface area contributed by atoms with Crippen LogP contribution in [0.25, 0.3) is 10.2 Å². The Balaban J connectivity index is 2.12. The van der Waals surface area contributed by atoms with Crippen LogP contribution >= 0.6 is 11.3 Å². The summed E-state index contributed by atoms with van der Waals surface area (Å²) in [5.74, 6) is -1.64. The molecule has 0 aliphatic rings. The van der Waals surface area contributed by atoms with Crippen LogP contribution in [0, 0.1) is 0 Å². The van der Waals surface area contributed by atoms with Gasteiger partial charge in [0.15, 0.2) is 0 Å². The van der Waals surface area contributed by atoms with Crippen molar-refractivity contribution in [2.24, 2.45) is 0 Å². The van der Waals surface area contributed by atoms with Crippen LogP contribution in [-0.2, 0) is 33.7 Å². The Morgan fingerprint density at radius 3 is 2.53 bits per heavy atom. The van der Waals surface area contributed by atoms with Crippen LogP contribution in [0.3, 0.4) is 0 Å². The number of carbonyl (C=O) groups excluding carboxylic acids is 1. The minimum absolute atomic E-state index is 0.0493. The van der Waals surface area contributed by atoms with E-state index in [-0.39, 0.29) is 29.8 Å². The van der Waals surface area contributed by atoms with Crippen molar-refractivity contribution >= 4 is 33.5 Å². The summed E-state index contributed by atoms with van der Waals surface area (Å²) in [7, 11) is 0. The number of hydrogen-bond acceptors (Lipinski definition) is 6. The minimum Gasteiger partial charge on any atom is -0.480 e. The molecule has 0 spiro atoms. The molecule has 8 nitrogen and oxygen atoms in total. The highest BCUT2D eigenvalue weighted by Crippen LogP contribution is 2.25. The number of carboxylic acid groups (broad SMARTS) is 1. The van der Waals surface area contributed by atoms with E-state index in [0.717, 1.165) is 26.0 Å². The standard InChI is InChI=1S/C21H22N2O6S/c1-3-29-17(24)12-15-11-16-18(25)22(10-9-14-7-5-4-6-8-14)21(28)23(19(16)30-15)13(2)20(26)27/h4-8,11,13H,3,9-10,12H2,1-2H3,(H,26,27). The zero-order valence-corrected chi connectivity index (χ0v) is 17.5. The lowest BCUT2D eigenvalue weighted by atomic mass is 10.1. The van der Waals surface area contributed by atoms with Crippen LogP contribution in [-0.4, -0.2) is 32.8 Å². The van der Waals surface area contributed by atoms with Crippen molar-refractivity contribution < 1.29 is 19.4 Å². The van der Waals surface area contributed by atoms with Crippen LogP contribution in [0.1, 0.15) is 30.3 Å². The van der Waals surface area contributed by atoms with Gasteiger partial charge in [0, 0.05) is 11.4 Å². The number of hydrogen-bond donors (Lipinski definition) is 1. The van der Waals surface area contributed by atoms with Gasteiger partial charge < -0.3 is 9.84 Å². The first-order valence-electron chi connectivity index (χ1n) is 9.53. The highest BCUT2D eigenvalue weighted by atomic mass is 32.1. The maximum Gasteiger partial charge on any atom is 0.332 e. The molecule has 0 aliphatic heterocycles. The molecule has 9 heteroatoms. The Bertz CT molecular complexity index is 1190. The van der Waals surface area contributed by atoms with Gasteiger partial charge in [0.05, 0.1) is 18.4 Å². The quantitative estimate of drug-likeness (QED) is 0.549. The molecule has 0 aliphatic carbocycles. The van der Waals surface area contributed by atoms with Crippen LogP contribution in [0.5, 0.6) is 0 Å². The summed E-state index contributed by atoms with van der Waals surface area (Å²) < 4.78 is 7.12. The van der Waals surface area contributed by atoms with E-state index in [2.05, 4.69) is 0 Å². The highest BCUT2D eigenvalue weighted by Gasteiger charge is 2.24. The van der Waals surface area contributed by atoms with E-state index < -0.39 is 29.2 Å². The van der Waals surface area contributed by atoms with E-state index in [9.17, 15) is 24.3 Å². The fourth-order valence-electron chi connectivity index (χ4n) is 3.19. The molecule has 0 amide bonds. The molecule has 158 valence electrons. The topological polar surface area (TPSA) is 108 Å². The van der Waals surface area contributed by atoms with Gasteiger partial charge in [0.2, 0.25) is 0 Å². The molecule has 0 fully saturated rings. The summed E-state index contributed by atoms with van der Waals surface area (Å²) in [5, 5.41) is 9.72. The predicted molar refractivity (Wildman–Crippen MR) is 113 cm³/mol. The van der Waals surface area contributed by atoms with Crippen LogP contribution in [0.2, 0.25) is 0 Å². The zero-order valence-electron chi connectivity index (χ0n) is 16.7. The molecule has 3 rings (SSSR count). The molecule has 3 aromatic rings. The third-order valence-corrected chi connectivity index (χ3v) is 5.86. The molecule has 0 saturated carbocycles. The average Bonchev–Trinajstić information content (AvgIpc) is 3.12. The van der Waals surface area contributed by atoms with Gasteiger partial charge in [-0.15, -0.1) is 11.3 Å². The van der Waals surface area contributed by atoms with E-state index in [4.69, 9.17) is 4.74 Å². The number of thiophene rings is 1. The van der Waals surface area contributed by atoms with Crippen molar-refractivity contribution in [3.63, 3.8) is 0 Å². The zero-order chi connectivity index (χ0) is 21.8. The number of rotatable bonds is 8. The predicted octanol–water partition coefficient (Wildman–Crippen LogP) is 2.22. The maximum absolute atomic E-state index is 13.1. The SMILES string of the molecule is CCOC(=O)Cc1cc2c(=O)n(CCc3ccccc3)c(=O)n(C(C)C(=O)O)c2s1. The second-order valence-corrected chi connectivity index (χ2v) is 7.89. The lowest BCUT2D eigenvalue weighted by Gasteiger charge is -2.15. The number of esters is 1. The normalized spacial score (nSPS) is 12.1. The summed E-state index contributed by atoms with van der Waals surface area (Å²) in [6.07, 6.45) is 0.398. The summed E-state index contributed by atoms with van der Waals surface area (Å²) in [6.45, 7) is 3.43. The number of aromatic nitrogens is 2. The fraction of sp³-hybridized carbons (Fsp3) is 0.333. The molecule has 2 heterocycles. The molecule has 1 atom stereocenters. The lowest BCUT2D eigenvalue weighted by molar-refractivity contribution is -0.142. The first kappa shape index (κ1) is 21.5. The molecule has 1 unspecified atom stereocenters. The first-order valence-corrected chi connectivity index (χ1v) is 10.3.